The summed E-state index contributed by atoms with van der Waals surface area (Å²) in [5, 5.41) is 2.75. The predicted molar refractivity (Wildman–Crippen MR) is 133 cm³/mol. The number of fused-ring (bicyclic) bond motifs is 3. The van der Waals surface area contributed by atoms with E-state index in [1.165, 1.54) is 27.2 Å². The summed E-state index contributed by atoms with van der Waals surface area (Å²) in [6, 6.07) is 12.5. The largest absolute Gasteiger partial charge is 0.445 e. The lowest BCUT2D eigenvalue weighted by Crippen LogP contribution is -2.55. The Bertz CT molecular complexity index is 1160. The minimum absolute atomic E-state index is 0.0706. The lowest BCUT2D eigenvalue weighted by molar-refractivity contribution is -0.140. The molecule has 0 aromatic heterocycles. The zero-order valence-electron chi connectivity index (χ0n) is 20.3. The minimum atomic E-state index is -1.31. The van der Waals surface area contributed by atoms with Gasteiger partial charge >= 0.3 is 6.09 Å². The van der Waals surface area contributed by atoms with E-state index in [1.807, 2.05) is 18.2 Å². The van der Waals surface area contributed by atoms with Crippen LogP contribution in [-0.2, 0) is 27.4 Å². The average molecular weight is 494 g/mol. The lowest BCUT2D eigenvalue weighted by Gasteiger charge is -2.33. The van der Waals surface area contributed by atoms with Gasteiger partial charge in [0.2, 0.25) is 11.8 Å². The number of likely N-dealkylation sites (tertiary alicyclic amines) is 1. The second-order valence-electron chi connectivity index (χ2n) is 10.2. The quantitative estimate of drug-likeness (QED) is 0.544. The first-order valence-electron chi connectivity index (χ1n) is 12.8. The van der Waals surface area contributed by atoms with E-state index in [4.69, 9.17) is 10.5 Å². The van der Waals surface area contributed by atoms with E-state index in [-0.39, 0.29) is 25.5 Å². The number of carbonyl (C=O) groups is 3. The van der Waals surface area contributed by atoms with Gasteiger partial charge in [-0.2, -0.15) is 0 Å². The van der Waals surface area contributed by atoms with Gasteiger partial charge in [-0.25, -0.2) is 9.18 Å². The molecule has 2 aliphatic carbocycles. The fourth-order valence-corrected chi connectivity index (χ4v) is 5.93. The molecule has 0 spiro atoms. The molecule has 1 saturated carbocycles. The Hall–Kier alpha value is -3.42. The van der Waals surface area contributed by atoms with Gasteiger partial charge in [0.25, 0.3) is 0 Å². The molecule has 0 radical (unpaired) electrons. The molecule has 0 bridgehead atoms. The number of halogens is 1. The van der Waals surface area contributed by atoms with Crippen molar-refractivity contribution < 1.29 is 23.5 Å². The molecule has 36 heavy (non-hydrogen) atoms. The van der Waals surface area contributed by atoms with E-state index >= 15 is 0 Å². The topological polar surface area (TPSA) is 102 Å². The van der Waals surface area contributed by atoms with Crippen molar-refractivity contribution in [3.8, 4) is 11.1 Å². The number of nitrogens with two attached hydrogens (primary N) is 1. The third kappa shape index (κ3) is 4.94. The van der Waals surface area contributed by atoms with Crippen LogP contribution in [-0.4, -0.2) is 47.6 Å². The predicted octanol–water partition coefficient (Wildman–Crippen LogP) is 3.86. The van der Waals surface area contributed by atoms with Gasteiger partial charge < -0.3 is 20.7 Å². The minimum Gasteiger partial charge on any atom is -0.445 e. The zero-order chi connectivity index (χ0) is 25.2. The number of primary amides is 1. The Kier molecular flexibility index (Phi) is 6.94. The van der Waals surface area contributed by atoms with E-state index in [1.54, 1.807) is 0 Å². The molecular weight excluding hydrogens is 461 g/mol. The second kappa shape index (κ2) is 10.3. The molecule has 5 rings (SSSR count). The van der Waals surface area contributed by atoms with E-state index in [9.17, 15) is 18.8 Å². The number of hydrogen-bond acceptors (Lipinski definition) is 4. The number of amides is 3. The fraction of sp³-hybridized carbons (Fsp3) is 0.464. The van der Waals surface area contributed by atoms with Crippen LogP contribution in [0, 0.1) is 5.92 Å². The van der Waals surface area contributed by atoms with Gasteiger partial charge in [-0.15, -0.1) is 0 Å². The standard InChI is InChI=1S/C28H32FN3O4/c29-21-14-24(26(30)33)32(15-21)27(34)25(18-6-2-1-3-7-18)31-28(35)36-16-17-10-11-23-20(12-17)13-19-8-4-5-9-22(19)23/h4-5,8-12,18,21,24-25H,1-3,6-7,13-16H2,(H2,30,33)(H,31,35)/t21-,24-,25-/m0/s1. The van der Waals surface area contributed by atoms with Gasteiger partial charge in [0, 0.05) is 6.42 Å². The van der Waals surface area contributed by atoms with Gasteiger partial charge in [0.1, 0.15) is 24.9 Å². The van der Waals surface area contributed by atoms with Crippen LogP contribution in [0.3, 0.4) is 0 Å². The molecule has 2 aromatic rings. The van der Waals surface area contributed by atoms with E-state index < -0.39 is 36.2 Å². The number of rotatable bonds is 6. The molecule has 3 amide bonds. The van der Waals surface area contributed by atoms with Crippen molar-refractivity contribution in [1.82, 2.24) is 10.2 Å². The van der Waals surface area contributed by atoms with Crippen LogP contribution in [0.1, 0.15) is 55.2 Å². The molecule has 3 N–H and O–H groups in total. The van der Waals surface area contributed by atoms with Crippen molar-refractivity contribution in [2.45, 2.75) is 69.8 Å². The highest BCUT2D eigenvalue weighted by Gasteiger charge is 2.43. The van der Waals surface area contributed by atoms with Crippen LogP contribution in [0.4, 0.5) is 9.18 Å². The third-order valence-corrected chi connectivity index (χ3v) is 7.75. The number of alkyl carbamates (subject to hydrolysis) is 1. The molecule has 1 saturated heterocycles. The van der Waals surface area contributed by atoms with Crippen LogP contribution in [0.5, 0.6) is 0 Å². The summed E-state index contributed by atoms with van der Waals surface area (Å²) in [5.41, 5.74) is 11.2. The van der Waals surface area contributed by atoms with Gasteiger partial charge in [0.15, 0.2) is 0 Å². The highest BCUT2D eigenvalue weighted by Crippen LogP contribution is 2.37. The first-order valence-corrected chi connectivity index (χ1v) is 12.8. The summed E-state index contributed by atoms with van der Waals surface area (Å²) < 4.78 is 19.6. The Morgan fingerprint density at radius 3 is 2.58 bits per heavy atom. The second-order valence-corrected chi connectivity index (χ2v) is 10.2. The number of alkyl halides is 1. The number of hydrogen-bond donors (Lipinski definition) is 2. The van der Waals surface area contributed by atoms with Crippen LogP contribution in [0.15, 0.2) is 42.5 Å². The maximum atomic E-state index is 14.1. The lowest BCUT2D eigenvalue weighted by atomic mass is 9.83. The number of ether oxygens (including phenoxy) is 1. The van der Waals surface area contributed by atoms with E-state index in [2.05, 4.69) is 29.6 Å². The van der Waals surface area contributed by atoms with Crippen LogP contribution in [0.2, 0.25) is 0 Å². The van der Waals surface area contributed by atoms with Crippen molar-refractivity contribution in [2.24, 2.45) is 11.7 Å². The Balaban J connectivity index is 1.25. The molecule has 2 aromatic carbocycles. The maximum Gasteiger partial charge on any atom is 0.408 e. The molecule has 2 fully saturated rings. The van der Waals surface area contributed by atoms with Gasteiger partial charge in [-0.1, -0.05) is 61.7 Å². The van der Waals surface area contributed by atoms with Gasteiger partial charge in [-0.05, 0) is 53.0 Å². The molecular formula is C28H32FN3O4. The maximum absolute atomic E-state index is 14.1. The molecule has 0 unspecified atom stereocenters. The average Bonchev–Trinajstić information content (AvgIpc) is 3.46. The normalized spacial score (nSPS) is 22.0. The summed E-state index contributed by atoms with van der Waals surface area (Å²) in [7, 11) is 0. The molecule has 7 nitrogen and oxygen atoms in total. The van der Waals surface area contributed by atoms with Crippen molar-refractivity contribution in [2.75, 3.05) is 6.54 Å². The third-order valence-electron chi connectivity index (χ3n) is 7.75. The molecule has 3 aliphatic rings. The number of nitrogens with one attached hydrogen (secondary N) is 1. The smallest absolute Gasteiger partial charge is 0.408 e. The summed E-state index contributed by atoms with van der Waals surface area (Å²) in [6.45, 7) is -0.120. The van der Waals surface area contributed by atoms with Crippen molar-refractivity contribution in [3.63, 3.8) is 0 Å². The monoisotopic (exact) mass is 493 g/mol. The van der Waals surface area contributed by atoms with Crippen molar-refractivity contribution in [1.29, 1.82) is 0 Å². The van der Waals surface area contributed by atoms with Crippen LogP contribution >= 0.6 is 0 Å². The SMILES string of the molecule is NC(=O)[C@@H]1C[C@H](F)CN1C(=O)[C@@H](NC(=O)OCc1ccc2c(c1)Cc1ccccc1-2)C1CCCCC1. The molecule has 8 heteroatoms. The van der Waals surface area contributed by atoms with Crippen molar-refractivity contribution in [3.05, 3.63) is 59.2 Å². The Labute approximate surface area is 210 Å². The fourth-order valence-electron chi connectivity index (χ4n) is 5.93. The van der Waals surface area contributed by atoms with Crippen LogP contribution in [0.25, 0.3) is 11.1 Å². The molecule has 190 valence electrons. The number of carbonyl (C=O) groups excluding carboxylic acids is 3. The van der Waals surface area contributed by atoms with E-state index in [0.29, 0.717) is 0 Å². The summed E-state index contributed by atoms with van der Waals surface area (Å²) >= 11 is 0. The van der Waals surface area contributed by atoms with Gasteiger partial charge in [-0.3, -0.25) is 9.59 Å². The van der Waals surface area contributed by atoms with Gasteiger partial charge in [0.05, 0.1) is 6.54 Å². The highest BCUT2D eigenvalue weighted by atomic mass is 19.1. The molecule has 1 heterocycles. The first-order chi connectivity index (χ1) is 17.4. The van der Waals surface area contributed by atoms with Crippen molar-refractivity contribution >= 4 is 17.9 Å². The number of benzene rings is 2. The summed E-state index contributed by atoms with van der Waals surface area (Å²) in [5.74, 6) is -1.28. The van der Waals surface area contributed by atoms with E-state index in [0.717, 1.165) is 44.1 Å². The summed E-state index contributed by atoms with van der Waals surface area (Å²) in [4.78, 5) is 39.3. The zero-order valence-corrected chi connectivity index (χ0v) is 20.3. The van der Waals surface area contributed by atoms with Crippen LogP contribution < -0.4 is 11.1 Å². The highest BCUT2D eigenvalue weighted by molar-refractivity contribution is 5.91. The Morgan fingerprint density at radius 1 is 1.06 bits per heavy atom. The first kappa shape index (κ1) is 24.3. The molecule has 3 atom stereocenters. The Morgan fingerprint density at radius 2 is 1.81 bits per heavy atom. The molecule has 1 aliphatic heterocycles. The summed E-state index contributed by atoms with van der Waals surface area (Å²) in [6.07, 6.45) is 3.25. The number of nitrogens with zero attached hydrogens (tertiary/aromatic N) is 1.